The molecule has 3 heterocycles. The first-order chi connectivity index (χ1) is 13.1. The number of para-hydroxylation sites is 1. The molecule has 0 amide bonds. The van der Waals surface area contributed by atoms with E-state index in [1.54, 1.807) is 24.3 Å². The molecule has 1 aliphatic heterocycles. The number of ether oxygens (including phenoxy) is 1. The summed E-state index contributed by atoms with van der Waals surface area (Å²) in [7, 11) is 0. The molecule has 142 valence electrons. The number of nitrogens with two attached hydrogens (primary N) is 1. The second-order valence-corrected chi connectivity index (χ2v) is 6.30. The van der Waals surface area contributed by atoms with Gasteiger partial charge in [-0.3, -0.25) is 0 Å². The third kappa shape index (κ3) is 4.79. The lowest BCUT2D eigenvalue weighted by Crippen LogP contribution is -2.21. The van der Waals surface area contributed by atoms with Crippen LogP contribution in [0.25, 0.3) is 16.9 Å². The Bertz CT molecular complexity index is 885. The highest BCUT2D eigenvalue weighted by Gasteiger charge is 2.17. The van der Waals surface area contributed by atoms with Gasteiger partial charge >= 0.3 is 0 Å². The second kappa shape index (κ2) is 8.90. The minimum absolute atomic E-state index is 0.0243. The Morgan fingerprint density at radius 1 is 1.26 bits per heavy atom. The van der Waals surface area contributed by atoms with E-state index in [0.29, 0.717) is 12.3 Å². The van der Waals surface area contributed by atoms with E-state index < -0.39 is 5.95 Å². The summed E-state index contributed by atoms with van der Waals surface area (Å²) in [5.74, 6) is -0.535. The predicted octanol–water partition coefficient (Wildman–Crippen LogP) is 2.86. The van der Waals surface area contributed by atoms with Gasteiger partial charge in [-0.05, 0) is 25.0 Å². The molecule has 0 radical (unpaired) electrons. The second-order valence-electron chi connectivity index (χ2n) is 5.89. The van der Waals surface area contributed by atoms with Crippen molar-refractivity contribution < 1.29 is 14.2 Å². The summed E-state index contributed by atoms with van der Waals surface area (Å²) in [6.45, 7) is 1.37. The smallest absolute Gasteiger partial charge is 0.225 e. The van der Waals surface area contributed by atoms with Crippen LogP contribution in [0.1, 0.15) is 12.8 Å². The lowest BCUT2D eigenvalue weighted by Gasteiger charge is -2.15. The van der Waals surface area contributed by atoms with E-state index in [-0.39, 0.29) is 28.3 Å². The Hall–Kier alpha value is -2.55. The van der Waals surface area contributed by atoms with Crippen LogP contribution in [-0.2, 0) is 4.74 Å². The monoisotopic (exact) mass is 391 g/mol. The number of aliphatic hydroxyl groups excluding tert-OH is 1. The number of nitrogens with zero attached hydrogens (tertiary/aromatic N) is 4. The maximum atomic E-state index is 14.5. The summed E-state index contributed by atoms with van der Waals surface area (Å²) >= 11 is 5.97. The molecule has 1 saturated heterocycles. The number of nitrogen functional groups attached to an aromatic ring is 1. The number of benzene rings is 1. The Balaban J connectivity index is 0.000000253. The number of hydrogen-bond donors (Lipinski definition) is 2. The number of rotatable bonds is 2. The van der Waals surface area contributed by atoms with E-state index in [9.17, 15) is 4.39 Å². The first-order valence-corrected chi connectivity index (χ1v) is 8.77. The molecule has 3 aromatic rings. The molecule has 1 unspecified atom stereocenters. The van der Waals surface area contributed by atoms with Crippen LogP contribution in [0.15, 0.2) is 42.7 Å². The lowest BCUT2D eigenvalue weighted by molar-refractivity contribution is -0.00535. The van der Waals surface area contributed by atoms with E-state index in [4.69, 9.17) is 27.2 Å². The minimum atomic E-state index is -0.559. The van der Waals surface area contributed by atoms with Gasteiger partial charge in [0.2, 0.25) is 11.9 Å². The Kier molecular flexibility index (Phi) is 6.33. The summed E-state index contributed by atoms with van der Waals surface area (Å²) in [6.07, 6.45) is 4.43. The van der Waals surface area contributed by atoms with Crippen LogP contribution >= 0.6 is 11.6 Å². The maximum Gasteiger partial charge on any atom is 0.225 e. The van der Waals surface area contributed by atoms with Crippen LogP contribution < -0.4 is 5.73 Å². The van der Waals surface area contributed by atoms with Gasteiger partial charge in [0.1, 0.15) is 5.69 Å². The molecule has 1 aliphatic rings. The third-order valence-electron chi connectivity index (χ3n) is 3.87. The first kappa shape index (κ1) is 19.2. The fourth-order valence-corrected chi connectivity index (χ4v) is 2.73. The SMILES string of the molecule is Nc1ncc(Cl)c(-c2cnn(-c3ccccc3)c2F)n1.OC1CCCOC1. The van der Waals surface area contributed by atoms with Gasteiger partial charge in [-0.1, -0.05) is 29.8 Å². The molecule has 1 fully saturated rings. The van der Waals surface area contributed by atoms with Gasteiger partial charge in [0.05, 0.1) is 41.4 Å². The molecule has 0 spiro atoms. The van der Waals surface area contributed by atoms with Gasteiger partial charge in [0.15, 0.2) is 0 Å². The van der Waals surface area contributed by atoms with Crippen molar-refractivity contribution in [2.24, 2.45) is 0 Å². The van der Waals surface area contributed by atoms with Crippen molar-refractivity contribution in [3.63, 3.8) is 0 Å². The number of hydrogen-bond acceptors (Lipinski definition) is 6. The van der Waals surface area contributed by atoms with E-state index in [1.165, 1.54) is 17.1 Å². The average Bonchev–Trinajstić information content (AvgIpc) is 3.07. The minimum Gasteiger partial charge on any atom is -0.391 e. The number of aromatic nitrogens is 4. The molecular formula is C18H19ClFN5O2. The van der Waals surface area contributed by atoms with Crippen LogP contribution in [0, 0.1) is 5.95 Å². The summed E-state index contributed by atoms with van der Waals surface area (Å²) < 4.78 is 20.6. The average molecular weight is 392 g/mol. The molecule has 0 saturated carbocycles. The molecule has 4 rings (SSSR count). The largest absolute Gasteiger partial charge is 0.391 e. The molecule has 7 nitrogen and oxygen atoms in total. The van der Waals surface area contributed by atoms with Crippen LogP contribution in [0.3, 0.4) is 0 Å². The predicted molar refractivity (Wildman–Crippen MR) is 100 cm³/mol. The molecule has 27 heavy (non-hydrogen) atoms. The van der Waals surface area contributed by atoms with Crippen LogP contribution in [0.5, 0.6) is 0 Å². The van der Waals surface area contributed by atoms with Crippen molar-refractivity contribution in [2.45, 2.75) is 18.9 Å². The Morgan fingerprint density at radius 3 is 2.67 bits per heavy atom. The molecule has 2 aromatic heterocycles. The van der Waals surface area contributed by atoms with Crippen LogP contribution in [0.2, 0.25) is 5.02 Å². The van der Waals surface area contributed by atoms with E-state index in [1.807, 2.05) is 6.07 Å². The molecule has 0 bridgehead atoms. The zero-order valence-electron chi connectivity index (χ0n) is 14.4. The number of anilines is 1. The topological polar surface area (TPSA) is 99.1 Å². The molecule has 1 aromatic carbocycles. The highest BCUT2D eigenvalue weighted by molar-refractivity contribution is 6.32. The van der Waals surface area contributed by atoms with Gasteiger partial charge in [-0.15, -0.1) is 0 Å². The lowest BCUT2D eigenvalue weighted by atomic mass is 10.2. The zero-order chi connectivity index (χ0) is 19.2. The number of halogens is 2. The summed E-state index contributed by atoms with van der Waals surface area (Å²) in [6, 6.07) is 8.93. The standard InChI is InChI=1S/C13H9ClFN5.C5H10O2/c14-10-7-17-13(16)19-11(10)9-6-18-20(12(9)15)8-4-2-1-3-5-8;6-5-2-1-3-7-4-5/h1-7H,(H2,16,17,19);5-6H,1-4H2. The van der Waals surface area contributed by atoms with Gasteiger partial charge in [0.25, 0.3) is 0 Å². The van der Waals surface area contributed by atoms with Crippen molar-refractivity contribution in [1.29, 1.82) is 0 Å². The fraction of sp³-hybridized carbons (Fsp3) is 0.278. The molecule has 9 heteroatoms. The van der Waals surface area contributed by atoms with Crippen molar-refractivity contribution in [2.75, 3.05) is 18.9 Å². The fourth-order valence-electron chi connectivity index (χ4n) is 2.53. The first-order valence-electron chi connectivity index (χ1n) is 8.39. The number of aliphatic hydroxyl groups is 1. The van der Waals surface area contributed by atoms with Crippen molar-refractivity contribution in [1.82, 2.24) is 19.7 Å². The molecule has 1 atom stereocenters. The highest BCUT2D eigenvalue weighted by atomic mass is 35.5. The summed E-state index contributed by atoms with van der Waals surface area (Å²) in [4.78, 5) is 7.70. The molecule has 0 aliphatic carbocycles. The maximum absolute atomic E-state index is 14.5. The van der Waals surface area contributed by atoms with Crippen molar-refractivity contribution in [3.8, 4) is 16.9 Å². The van der Waals surface area contributed by atoms with Crippen molar-refractivity contribution >= 4 is 17.5 Å². The summed E-state index contributed by atoms with van der Waals surface area (Å²) in [5, 5.41) is 13.0. The van der Waals surface area contributed by atoms with Crippen LogP contribution in [0.4, 0.5) is 10.3 Å². The normalized spacial score (nSPS) is 16.5. The summed E-state index contributed by atoms with van der Waals surface area (Å²) in [5.41, 5.74) is 6.50. The van der Waals surface area contributed by atoms with Gasteiger partial charge in [-0.25, -0.2) is 14.6 Å². The van der Waals surface area contributed by atoms with Crippen molar-refractivity contribution in [3.05, 3.63) is 53.7 Å². The Morgan fingerprint density at radius 2 is 2.04 bits per heavy atom. The molecule has 3 N–H and O–H groups in total. The quantitative estimate of drug-likeness (QED) is 0.696. The zero-order valence-corrected chi connectivity index (χ0v) is 15.2. The van der Waals surface area contributed by atoms with E-state index in [2.05, 4.69) is 15.1 Å². The van der Waals surface area contributed by atoms with E-state index in [0.717, 1.165) is 19.4 Å². The third-order valence-corrected chi connectivity index (χ3v) is 4.14. The van der Waals surface area contributed by atoms with Gasteiger partial charge in [0, 0.05) is 6.61 Å². The van der Waals surface area contributed by atoms with Gasteiger partial charge < -0.3 is 15.6 Å². The van der Waals surface area contributed by atoms with E-state index >= 15 is 0 Å². The molecular weight excluding hydrogens is 373 g/mol. The van der Waals surface area contributed by atoms with Crippen LogP contribution in [-0.4, -0.2) is 44.2 Å². The van der Waals surface area contributed by atoms with Gasteiger partial charge in [-0.2, -0.15) is 9.49 Å². The Labute approximate surface area is 160 Å². The highest BCUT2D eigenvalue weighted by Crippen LogP contribution is 2.28.